The lowest BCUT2D eigenvalue weighted by Gasteiger charge is -2.09. The number of aromatic nitrogens is 3. The van der Waals surface area contributed by atoms with Gasteiger partial charge >= 0.3 is 5.69 Å². The number of hydrogen-bond acceptors (Lipinski definition) is 4. The molecule has 0 bridgehead atoms. The molecular weight excluding hydrogens is 368 g/mol. The molecule has 0 aliphatic carbocycles. The number of pyridine rings is 1. The summed E-state index contributed by atoms with van der Waals surface area (Å²) in [6.07, 6.45) is 1.68. The standard InChI is InChI=1S/C22H20N4O3/c1-26-19-11-17(12-23-20(19)25-22(26)28)15-6-4-7-16(10-15)21(27)24-18-8-3-5-14(9-18)13-29-2/h3-12H,13H2,1-2H3,(H,24,27)(H,23,25,28). The van der Waals surface area contributed by atoms with Crippen molar-refractivity contribution in [1.82, 2.24) is 14.5 Å². The zero-order chi connectivity index (χ0) is 20.4. The highest BCUT2D eigenvalue weighted by Gasteiger charge is 2.10. The number of nitrogens with one attached hydrogen (secondary N) is 2. The maximum Gasteiger partial charge on any atom is 0.327 e. The second-order valence-corrected chi connectivity index (χ2v) is 6.75. The highest BCUT2D eigenvalue weighted by molar-refractivity contribution is 6.05. The van der Waals surface area contributed by atoms with Gasteiger partial charge in [-0.15, -0.1) is 0 Å². The summed E-state index contributed by atoms with van der Waals surface area (Å²) in [5.74, 6) is -0.204. The average molecular weight is 388 g/mol. The van der Waals surface area contributed by atoms with Crippen LogP contribution in [0.1, 0.15) is 15.9 Å². The van der Waals surface area contributed by atoms with Crippen LogP contribution in [0.15, 0.2) is 65.6 Å². The van der Waals surface area contributed by atoms with Gasteiger partial charge in [0.25, 0.3) is 5.91 Å². The van der Waals surface area contributed by atoms with Gasteiger partial charge in [-0.25, -0.2) is 9.78 Å². The first kappa shape index (κ1) is 18.6. The lowest BCUT2D eigenvalue weighted by Crippen LogP contribution is -2.12. The van der Waals surface area contributed by atoms with Crippen LogP contribution in [0.3, 0.4) is 0 Å². The molecule has 0 saturated heterocycles. The quantitative estimate of drug-likeness (QED) is 0.549. The number of carbonyl (C=O) groups excluding carboxylic acids is 1. The van der Waals surface area contributed by atoms with Crippen LogP contribution in [0.4, 0.5) is 5.69 Å². The van der Waals surface area contributed by atoms with Crippen molar-refractivity contribution >= 4 is 22.8 Å². The highest BCUT2D eigenvalue weighted by atomic mass is 16.5. The van der Waals surface area contributed by atoms with Crippen LogP contribution < -0.4 is 11.0 Å². The first-order valence-electron chi connectivity index (χ1n) is 9.09. The van der Waals surface area contributed by atoms with E-state index in [4.69, 9.17) is 4.74 Å². The molecule has 2 aromatic carbocycles. The van der Waals surface area contributed by atoms with Crippen LogP contribution in [0.2, 0.25) is 0 Å². The molecule has 146 valence electrons. The van der Waals surface area contributed by atoms with Gasteiger partial charge in [-0.2, -0.15) is 0 Å². The number of benzene rings is 2. The number of fused-ring (bicyclic) bond motifs is 1. The van der Waals surface area contributed by atoms with Gasteiger partial charge in [0.05, 0.1) is 12.1 Å². The minimum absolute atomic E-state index is 0.204. The second kappa shape index (κ2) is 7.73. The minimum atomic E-state index is -0.214. The Morgan fingerprint density at radius 3 is 2.79 bits per heavy atom. The number of anilines is 1. The molecule has 0 atom stereocenters. The molecule has 7 nitrogen and oxygen atoms in total. The number of methoxy groups -OCH3 is 1. The van der Waals surface area contributed by atoms with Gasteiger partial charge in [-0.1, -0.05) is 24.3 Å². The molecule has 0 radical (unpaired) electrons. The third kappa shape index (κ3) is 3.81. The summed E-state index contributed by atoms with van der Waals surface area (Å²) in [4.78, 5) is 31.5. The Labute approximate surface area is 167 Å². The van der Waals surface area contributed by atoms with E-state index in [-0.39, 0.29) is 11.6 Å². The van der Waals surface area contributed by atoms with E-state index < -0.39 is 0 Å². The molecule has 4 rings (SSSR count). The molecule has 0 aliphatic heterocycles. The van der Waals surface area contributed by atoms with Crippen LogP contribution >= 0.6 is 0 Å². The van der Waals surface area contributed by atoms with Gasteiger partial charge in [0.2, 0.25) is 0 Å². The number of rotatable bonds is 5. The predicted molar refractivity (Wildman–Crippen MR) is 112 cm³/mol. The number of carbonyl (C=O) groups is 1. The number of aryl methyl sites for hydroxylation is 1. The van der Waals surface area contributed by atoms with E-state index in [1.54, 1.807) is 26.4 Å². The van der Waals surface area contributed by atoms with Crippen LogP contribution in [0, 0.1) is 0 Å². The number of H-pyrrole nitrogens is 1. The summed E-state index contributed by atoms with van der Waals surface area (Å²) in [5, 5.41) is 2.92. The molecular formula is C22H20N4O3. The summed E-state index contributed by atoms with van der Waals surface area (Å²) < 4.78 is 6.64. The molecule has 29 heavy (non-hydrogen) atoms. The van der Waals surface area contributed by atoms with E-state index in [9.17, 15) is 9.59 Å². The van der Waals surface area contributed by atoms with Gasteiger partial charge in [0.1, 0.15) is 0 Å². The van der Waals surface area contributed by atoms with Crippen LogP contribution in [-0.2, 0) is 18.4 Å². The highest BCUT2D eigenvalue weighted by Crippen LogP contribution is 2.23. The maximum absolute atomic E-state index is 12.7. The van der Waals surface area contributed by atoms with Crippen LogP contribution in [0.5, 0.6) is 0 Å². The van der Waals surface area contributed by atoms with Crippen LogP contribution in [0.25, 0.3) is 22.3 Å². The number of hydrogen-bond donors (Lipinski definition) is 2. The molecule has 2 N–H and O–H groups in total. The van der Waals surface area contributed by atoms with Crippen molar-refractivity contribution in [2.45, 2.75) is 6.61 Å². The largest absolute Gasteiger partial charge is 0.380 e. The predicted octanol–water partition coefficient (Wildman–Crippen LogP) is 3.33. The smallest absolute Gasteiger partial charge is 0.327 e. The van der Waals surface area contributed by atoms with Crippen molar-refractivity contribution in [3.63, 3.8) is 0 Å². The molecule has 0 fully saturated rings. The van der Waals surface area contributed by atoms with E-state index >= 15 is 0 Å². The Balaban J connectivity index is 1.61. The Morgan fingerprint density at radius 1 is 1.14 bits per heavy atom. The number of amides is 1. The van der Waals surface area contributed by atoms with Crippen molar-refractivity contribution in [2.24, 2.45) is 7.05 Å². The normalized spacial score (nSPS) is 11.0. The van der Waals surface area contributed by atoms with E-state index in [1.807, 2.05) is 48.5 Å². The van der Waals surface area contributed by atoms with Gasteiger partial charge in [-0.3, -0.25) is 14.3 Å². The number of imidazole rings is 1. The lowest BCUT2D eigenvalue weighted by atomic mass is 10.0. The Morgan fingerprint density at radius 2 is 1.97 bits per heavy atom. The van der Waals surface area contributed by atoms with E-state index in [0.717, 1.165) is 16.7 Å². The van der Waals surface area contributed by atoms with Crippen molar-refractivity contribution in [3.05, 3.63) is 82.4 Å². The SMILES string of the molecule is COCc1cccc(NC(=O)c2cccc(-c3cnc4[nH]c(=O)n(C)c4c3)c2)c1. The number of ether oxygens (including phenoxy) is 1. The zero-order valence-electron chi connectivity index (χ0n) is 16.1. The van der Waals surface area contributed by atoms with Crippen molar-refractivity contribution in [3.8, 4) is 11.1 Å². The Bertz CT molecular complexity index is 1260. The molecule has 0 spiro atoms. The van der Waals surface area contributed by atoms with Crippen LogP contribution in [-0.4, -0.2) is 27.6 Å². The molecule has 0 unspecified atom stereocenters. The molecule has 2 aromatic heterocycles. The van der Waals surface area contributed by atoms with Gasteiger partial charge < -0.3 is 10.1 Å². The lowest BCUT2D eigenvalue weighted by molar-refractivity contribution is 0.102. The molecule has 1 amide bonds. The summed E-state index contributed by atoms with van der Waals surface area (Å²) in [6, 6.07) is 16.7. The second-order valence-electron chi connectivity index (χ2n) is 6.75. The van der Waals surface area contributed by atoms with Gasteiger partial charge in [0.15, 0.2) is 5.65 Å². The van der Waals surface area contributed by atoms with Crippen molar-refractivity contribution in [2.75, 3.05) is 12.4 Å². The van der Waals surface area contributed by atoms with E-state index in [2.05, 4.69) is 15.3 Å². The third-order valence-electron chi connectivity index (χ3n) is 4.71. The van der Waals surface area contributed by atoms with Gasteiger partial charge in [-0.05, 0) is 41.5 Å². The van der Waals surface area contributed by atoms with E-state index in [1.165, 1.54) is 4.57 Å². The fraction of sp³-hybridized carbons (Fsp3) is 0.136. The summed E-state index contributed by atoms with van der Waals surface area (Å²) in [5.41, 5.74) is 4.91. The summed E-state index contributed by atoms with van der Waals surface area (Å²) in [6.45, 7) is 0.482. The fourth-order valence-corrected chi connectivity index (χ4v) is 3.21. The van der Waals surface area contributed by atoms with Crippen molar-refractivity contribution in [1.29, 1.82) is 0 Å². The minimum Gasteiger partial charge on any atom is -0.380 e. The molecule has 0 aliphatic rings. The monoisotopic (exact) mass is 388 g/mol. The van der Waals surface area contributed by atoms with Crippen molar-refractivity contribution < 1.29 is 9.53 Å². The van der Waals surface area contributed by atoms with Gasteiger partial charge in [0, 0.05) is 37.2 Å². The Hall–Kier alpha value is -3.71. The summed E-state index contributed by atoms with van der Waals surface area (Å²) >= 11 is 0. The first-order valence-corrected chi connectivity index (χ1v) is 9.09. The summed E-state index contributed by atoms with van der Waals surface area (Å²) in [7, 11) is 3.32. The zero-order valence-corrected chi connectivity index (χ0v) is 16.1. The molecule has 0 saturated carbocycles. The fourth-order valence-electron chi connectivity index (χ4n) is 3.21. The topological polar surface area (TPSA) is 89.0 Å². The number of nitrogens with zero attached hydrogens (tertiary/aromatic N) is 2. The average Bonchev–Trinajstić information content (AvgIpc) is 3.02. The number of aromatic amines is 1. The molecule has 2 heterocycles. The maximum atomic E-state index is 12.7. The first-order chi connectivity index (χ1) is 14.0. The Kier molecular flexibility index (Phi) is 4.97. The molecule has 7 heteroatoms. The van der Waals surface area contributed by atoms with E-state index in [0.29, 0.717) is 29.0 Å². The molecule has 4 aromatic rings. The third-order valence-corrected chi connectivity index (χ3v) is 4.71.